The van der Waals surface area contributed by atoms with E-state index in [0.717, 1.165) is 19.7 Å². The molecule has 0 radical (unpaired) electrons. The molecule has 1 N–H and O–H groups in total. The van der Waals surface area contributed by atoms with Crippen molar-refractivity contribution in [2.24, 2.45) is 5.92 Å². The summed E-state index contributed by atoms with van der Waals surface area (Å²) in [6, 6.07) is 1.83. The van der Waals surface area contributed by atoms with Crippen molar-refractivity contribution in [2.75, 3.05) is 19.7 Å². The van der Waals surface area contributed by atoms with Gasteiger partial charge in [-0.2, -0.15) is 0 Å². The Morgan fingerprint density at radius 2 is 2.06 bits per heavy atom. The molecule has 2 saturated heterocycles. The number of rotatable bonds is 3. The molecular formula is C14H28N2O. The third-order valence-corrected chi connectivity index (χ3v) is 4.38. The number of hydrogen-bond donors (Lipinski definition) is 1. The molecule has 2 heterocycles. The van der Waals surface area contributed by atoms with Crippen molar-refractivity contribution in [1.82, 2.24) is 10.2 Å². The van der Waals surface area contributed by atoms with E-state index in [9.17, 15) is 0 Å². The van der Waals surface area contributed by atoms with Gasteiger partial charge in [0, 0.05) is 37.8 Å². The normalized spacial score (nSPS) is 37.6. The molecule has 0 aromatic rings. The Hall–Kier alpha value is -0.120. The Morgan fingerprint density at radius 3 is 2.65 bits per heavy atom. The maximum atomic E-state index is 5.87. The highest BCUT2D eigenvalue weighted by molar-refractivity contribution is 4.91. The largest absolute Gasteiger partial charge is 0.377 e. The molecule has 2 aliphatic heterocycles. The zero-order chi connectivity index (χ0) is 12.4. The maximum absolute atomic E-state index is 5.87. The smallest absolute Gasteiger partial charge is 0.0728 e. The first-order valence-corrected chi connectivity index (χ1v) is 7.20. The van der Waals surface area contributed by atoms with Gasteiger partial charge in [0.05, 0.1) is 6.10 Å². The SMILES string of the molecule is CC1CN(C(C)C2CCCO2)C(C(C)C)CN1. The summed E-state index contributed by atoms with van der Waals surface area (Å²) in [6.07, 6.45) is 2.94. The fourth-order valence-corrected chi connectivity index (χ4v) is 3.24. The van der Waals surface area contributed by atoms with E-state index in [1.54, 1.807) is 0 Å². The van der Waals surface area contributed by atoms with Crippen LogP contribution in [0.2, 0.25) is 0 Å². The molecule has 4 atom stereocenters. The maximum Gasteiger partial charge on any atom is 0.0728 e. The van der Waals surface area contributed by atoms with Crippen LogP contribution >= 0.6 is 0 Å². The number of nitrogens with zero attached hydrogens (tertiary/aromatic N) is 1. The lowest BCUT2D eigenvalue weighted by molar-refractivity contribution is -0.0138. The zero-order valence-electron chi connectivity index (χ0n) is 11.8. The second kappa shape index (κ2) is 5.68. The fourth-order valence-electron chi connectivity index (χ4n) is 3.24. The van der Waals surface area contributed by atoms with Crippen molar-refractivity contribution in [3.05, 3.63) is 0 Å². The van der Waals surface area contributed by atoms with Crippen LogP contribution in [-0.4, -0.2) is 48.8 Å². The standard InChI is InChI=1S/C14H28N2O/c1-10(2)13-8-15-11(3)9-16(13)12(4)14-6-5-7-17-14/h10-15H,5-9H2,1-4H3. The molecule has 100 valence electrons. The van der Waals surface area contributed by atoms with Crippen molar-refractivity contribution in [1.29, 1.82) is 0 Å². The predicted octanol–water partition coefficient (Wildman–Crippen LogP) is 1.87. The first-order chi connectivity index (χ1) is 8.09. The number of ether oxygens (including phenoxy) is 1. The molecule has 17 heavy (non-hydrogen) atoms. The first-order valence-electron chi connectivity index (χ1n) is 7.20. The van der Waals surface area contributed by atoms with Crippen LogP contribution in [0.1, 0.15) is 40.5 Å². The monoisotopic (exact) mass is 240 g/mol. The molecular weight excluding hydrogens is 212 g/mol. The summed E-state index contributed by atoms with van der Waals surface area (Å²) < 4.78 is 5.87. The van der Waals surface area contributed by atoms with Gasteiger partial charge in [-0.1, -0.05) is 13.8 Å². The summed E-state index contributed by atoms with van der Waals surface area (Å²) in [7, 11) is 0. The van der Waals surface area contributed by atoms with Crippen LogP contribution in [0.5, 0.6) is 0 Å². The number of nitrogens with one attached hydrogen (secondary N) is 1. The van der Waals surface area contributed by atoms with Crippen LogP contribution in [0.3, 0.4) is 0 Å². The van der Waals surface area contributed by atoms with Crippen molar-refractivity contribution >= 4 is 0 Å². The summed E-state index contributed by atoms with van der Waals surface area (Å²) in [6.45, 7) is 12.5. The van der Waals surface area contributed by atoms with E-state index in [2.05, 4.69) is 37.9 Å². The molecule has 2 aliphatic rings. The molecule has 0 aromatic heterocycles. The molecule has 0 aliphatic carbocycles. The average Bonchev–Trinajstić information content (AvgIpc) is 2.80. The van der Waals surface area contributed by atoms with Crippen molar-refractivity contribution < 1.29 is 4.74 Å². The van der Waals surface area contributed by atoms with Gasteiger partial charge in [-0.25, -0.2) is 0 Å². The second-order valence-electron chi connectivity index (χ2n) is 6.11. The van der Waals surface area contributed by atoms with Crippen LogP contribution in [0.15, 0.2) is 0 Å². The van der Waals surface area contributed by atoms with Gasteiger partial charge in [-0.15, -0.1) is 0 Å². The molecule has 4 unspecified atom stereocenters. The molecule has 0 saturated carbocycles. The van der Waals surface area contributed by atoms with Gasteiger partial charge in [0.15, 0.2) is 0 Å². The average molecular weight is 240 g/mol. The summed E-state index contributed by atoms with van der Waals surface area (Å²) in [4.78, 5) is 2.68. The van der Waals surface area contributed by atoms with Gasteiger partial charge in [0.1, 0.15) is 0 Å². The summed E-state index contributed by atoms with van der Waals surface area (Å²) in [5, 5.41) is 3.61. The second-order valence-corrected chi connectivity index (χ2v) is 6.11. The lowest BCUT2D eigenvalue weighted by Gasteiger charge is -2.46. The van der Waals surface area contributed by atoms with Crippen LogP contribution in [0.4, 0.5) is 0 Å². The Bertz CT molecular complexity index is 238. The third kappa shape index (κ3) is 3.01. The zero-order valence-corrected chi connectivity index (χ0v) is 11.8. The van der Waals surface area contributed by atoms with E-state index in [1.165, 1.54) is 12.8 Å². The van der Waals surface area contributed by atoms with Gasteiger partial charge in [0.25, 0.3) is 0 Å². The van der Waals surface area contributed by atoms with Gasteiger partial charge in [-0.05, 0) is 32.6 Å². The minimum absolute atomic E-state index is 0.460. The summed E-state index contributed by atoms with van der Waals surface area (Å²) in [5.74, 6) is 0.707. The van der Waals surface area contributed by atoms with Gasteiger partial charge < -0.3 is 10.1 Å². The Labute approximate surface area is 106 Å². The molecule has 0 aromatic carbocycles. The third-order valence-electron chi connectivity index (χ3n) is 4.38. The summed E-state index contributed by atoms with van der Waals surface area (Å²) in [5.41, 5.74) is 0. The Morgan fingerprint density at radius 1 is 1.29 bits per heavy atom. The molecule has 2 fully saturated rings. The molecule has 0 amide bonds. The highest BCUT2D eigenvalue weighted by Crippen LogP contribution is 2.25. The molecule has 0 bridgehead atoms. The van der Waals surface area contributed by atoms with E-state index in [0.29, 0.717) is 30.1 Å². The Kier molecular flexibility index (Phi) is 4.45. The Balaban J connectivity index is 2.02. The van der Waals surface area contributed by atoms with Crippen molar-refractivity contribution in [2.45, 2.75) is 64.8 Å². The van der Waals surface area contributed by atoms with E-state index >= 15 is 0 Å². The quantitative estimate of drug-likeness (QED) is 0.815. The molecule has 0 spiro atoms. The van der Waals surface area contributed by atoms with E-state index in [-0.39, 0.29) is 0 Å². The van der Waals surface area contributed by atoms with Gasteiger partial charge in [0.2, 0.25) is 0 Å². The van der Waals surface area contributed by atoms with E-state index < -0.39 is 0 Å². The summed E-state index contributed by atoms with van der Waals surface area (Å²) >= 11 is 0. The molecule has 3 nitrogen and oxygen atoms in total. The van der Waals surface area contributed by atoms with Crippen LogP contribution in [-0.2, 0) is 4.74 Å². The first kappa shape index (κ1) is 13.3. The predicted molar refractivity (Wildman–Crippen MR) is 71.2 cm³/mol. The fraction of sp³-hybridized carbons (Fsp3) is 1.00. The molecule has 2 rings (SSSR count). The topological polar surface area (TPSA) is 24.5 Å². The van der Waals surface area contributed by atoms with E-state index in [1.807, 2.05) is 0 Å². The van der Waals surface area contributed by atoms with Gasteiger partial charge in [-0.3, -0.25) is 4.90 Å². The lowest BCUT2D eigenvalue weighted by Crippen LogP contribution is -2.61. The van der Waals surface area contributed by atoms with Crippen LogP contribution in [0, 0.1) is 5.92 Å². The minimum Gasteiger partial charge on any atom is -0.377 e. The highest BCUT2D eigenvalue weighted by Gasteiger charge is 2.35. The number of hydrogen-bond acceptors (Lipinski definition) is 3. The highest BCUT2D eigenvalue weighted by atomic mass is 16.5. The number of piperazine rings is 1. The van der Waals surface area contributed by atoms with Crippen molar-refractivity contribution in [3.63, 3.8) is 0 Å². The van der Waals surface area contributed by atoms with Gasteiger partial charge >= 0.3 is 0 Å². The lowest BCUT2D eigenvalue weighted by atomic mass is 9.95. The van der Waals surface area contributed by atoms with E-state index in [4.69, 9.17) is 4.74 Å². The van der Waals surface area contributed by atoms with Crippen molar-refractivity contribution in [3.8, 4) is 0 Å². The molecule has 3 heteroatoms. The minimum atomic E-state index is 0.460. The van der Waals surface area contributed by atoms with Crippen LogP contribution in [0.25, 0.3) is 0 Å². The van der Waals surface area contributed by atoms with Crippen LogP contribution < -0.4 is 5.32 Å².